The van der Waals surface area contributed by atoms with Crippen LogP contribution in [0.2, 0.25) is 0 Å². The molecule has 0 spiro atoms. The second-order valence-electron chi connectivity index (χ2n) is 9.58. The van der Waals surface area contributed by atoms with Gasteiger partial charge in [0.1, 0.15) is 12.5 Å². The zero-order valence-electron chi connectivity index (χ0n) is 20.9. The zero-order valence-corrected chi connectivity index (χ0v) is 21.8. The molecule has 39 heavy (non-hydrogen) atoms. The third-order valence-corrected chi connectivity index (χ3v) is 8.80. The van der Waals surface area contributed by atoms with E-state index in [2.05, 4.69) is 5.10 Å². The highest BCUT2D eigenvalue weighted by Gasteiger charge is 2.55. The van der Waals surface area contributed by atoms with Gasteiger partial charge >= 0.3 is 6.18 Å². The van der Waals surface area contributed by atoms with Gasteiger partial charge in [-0.25, -0.2) is 17.2 Å². The number of aliphatic hydroxyl groups excluding tert-OH is 1. The number of aryl methyl sites for hydroxylation is 1. The number of sulfonamides is 1. The van der Waals surface area contributed by atoms with Gasteiger partial charge in [0, 0.05) is 12.6 Å². The lowest BCUT2D eigenvalue weighted by Crippen LogP contribution is -2.46. The van der Waals surface area contributed by atoms with Gasteiger partial charge in [0.2, 0.25) is 5.60 Å². The number of hydrogen-bond donors (Lipinski definition) is 2. The monoisotopic (exact) mass is 573 g/mol. The minimum Gasteiger partial charge on any atom is -0.391 e. The molecule has 7 nitrogen and oxygen atoms in total. The second kappa shape index (κ2) is 10.9. The summed E-state index contributed by atoms with van der Waals surface area (Å²) in [7, 11) is -4.33. The average Bonchev–Trinajstić information content (AvgIpc) is 3.33. The number of hydrogen-bond acceptors (Lipinski definition) is 5. The topological polar surface area (TPSA) is 95.7 Å². The molecule has 1 aromatic heterocycles. The Kier molecular flexibility index (Phi) is 8.06. The number of anilines is 1. The molecule has 3 atom stereocenters. The Balaban J connectivity index is 1.76. The molecule has 2 aromatic carbocycles. The van der Waals surface area contributed by atoms with Crippen LogP contribution in [-0.2, 0) is 35.0 Å². The lowest BCUT2D eigenvalue weighted by atomic mass is 9.88. The van der Waals surface area contributed by atoms with Gasteiger partial charge < -0.3 is 10.2 Å². The van der Waals surface area contributed by atoms with Gasteiger partial charge in [-0.2, -0.15) is 18.3 Å². The van der Waals surface area contributed by atoms with E-state index in [1.807, 2.05) is 6.92 Å². The Morgan fingerprint density at radius 3 is 2.44 bits per heavy atom. The molecule has 212 valence electrons. The predicted molar refractivity (Wildman–Crippen MR) is 133 cm³/mol. The number of halogens is 5. The third-order valence-electron chi connectivity index (χ3n) is 6.92. The van der Waals surface area contributed by atoms with Gasteiger partial charge in [0.15, 0.2) is 0 Å². The fourth-order valence-electron chi connectivity index (χ4n) is 4.64. The molecule has 13 heteroatoms. The van der Waals surface area contributed by atoms with Gasteiger partial charge in [0.05, 0.1) is 35.0 Å². The first-order valence-corrected chi connectivity index (χ1v) is 13.7. The summed E-state index contributed by atoms with van der Waals surface area (Å²) < 4.78 is 97.7. The molecule has 0 amide bonds. The van der Waals surface area contributed by atoms with Crippen molar-refractivity contribution in [3.05, 3.63) is 77.4 Å². The van der Waals surface area contributed by atoms with Crippen molar-refractivity contribution in [2.45, 2.75) is 68.0 Å². The van der Waals surface area contributed by atoms with E-state index < -0.39 is 52.0 Å². The quantitative estimate of drug-likeness (QED) is 0.373. The maximum absolute atomic E-state index is 13.8. The van der Waals surface area contributed by atoms with Crippen molar-refractivity contribution in [3.63, 3.8) is 0 Å². The number of benzene rings is 2. The standard InChI is InChI=1S/C26H28F5N3O4S/c1-2-22(35)15-33-12-11-20(32-33)14-21-7-3-17-13-18(25(36,16-27)26(29,30)31)4-10-24(17)34(21)39(37,38)23-8-5-19(28)6-9-23/h4-6,8-13,21-22,35-36H,2-3,7,14-16H2,1H3/t21-,22?,25?/m0/s1. The van der Waals surface area contributed by atoms with Crippen molar-refractivity contribution in [2.75, 3.05) is 11.0 Å². The first kappa shape index (κ1) is 29.0. The number of aromatic nitrogens is 2. The van der Waals surface area contributed by atoms with Crippen LogP contribution >= 0.6 is 0 Å². The third kappa shape index (κ3) is 5.66. The lowest BCUT2D eigenvalue weighted by Gasteiger charge is -2.38. The van der Waals surface area contributed by atoms with Gasteiger partial charge in [-0.3, -0.25) is 8.99 Å². The maximum atomic E-state index is 13.8. The van der Waals surface area contributed by atoms with Crippen molar-refractivity contribution in [3.8, 4) is 0 Å². The molecule has 0 radical (unpaired) electrons. The summed E-state index contributed by atoms with van der Waals surface area (Å²) in [5.74, 6) is -0.647. The van der Waals surface area contributed by atoms with E-state index >= 15 is 0 Å². The van der Waals surface area contributed by atoms with Crippen molar-refractivity contribution >= 4 is 15.7 Å². The van der Waals surface area contributed by atoms with Gasteiger partial charge in [-0.15, -0.1) is 0 Å². The van der Waals surface area contributed by atoms with E-state index in [4.69, 9.17) is 0 Å². The van der Waals surface area contributed by atoms with E-state index in [-0.39, 0.29) is 42.0 Å². The first-order chi connectivity index (χ1) is 18.3. The minimum atomic E-state index is -5.29. The van der Waals surface area contributed by atoms with E-state index in [0.29, 0.717) is 12.1 Å². The van der Waals surface area contributed by atoms with Crippen molar-refractivity contribution in [2.24, 2.45) is 0 Å². The molecule has 3 aromatic rings. The summed E-state index contributed by atoms with van der Waals surface area (Å²) in [6.07, 6.45) is -3.24. The molecule has 2 heterocycles. The Morgan fingerprint density at radius 1 is 1.13 bits per heavy atom. The summed E-state index contributed by atoms with van der Waals surface area (Å²) in [5, 5.41) is 24.4. The SMILES string of the molecule is CCC(O)Cn1ccc(C[C@@H]2CCc3cc(C(O)(CF)C(F)(F)F)ccc3N2S(=O)(=O)c2ccc(F)cc2)n1. The van der Waals surface area contributed by atoms with E-state index in [1.165, 1.54) is 0 Å². The molecule has 1 aliphatic heterocycles. The smallest absolute Gasteiger partial charge is 0.391 e. The van der Waals surface area contributed by atoms with Crippen molar-refractivity contribution in [1.29, 1.82) is 0 Å². The van der Waals surface area contributed by atoms with Crippen molar-refractivity contribution in [1.82, 2.24) is 9.78 Å². The largest absolute Gasteiger partial charge is 0.424 e. The van der Waals surface area contributed by atoms with Gasteiger partial charge in [0.25, 0.3) is 10.0 Å². The van der Waals surface area contributed by atoms with Crippen LogP contribution < -0.4 is 4.31 Å². The number of fused-ring (bicyclic) bond motifs is 1. The summed E-state index contributed by atoms with van der Waals surface area (Å²) in [6, 6.07) is 8.11. The summed E-state index contributed by atoms with van der Waals surface area (Å²) >= 11 is 0. The van der Waals surface area contributed by atoms with E-state index in [1.54, 1.807) is 16.9 Å². The van der Waals surface area contributed by atoms with Crippen LogP contribution in [0.25, 0.3) is 0 Å². The Bertz CT molecular complexity index is 1410. The maximum Gasteiger partial charge on any atom is 0.424 e. The molecule has 0 bridgehead atoms. The minimum absolute atomic E-state index is 0.0727. The van der Waals surface area contributed by atoms with Crippen molar-refractivity contribution < 1.29 is 40.6 Å². The number of nitrogens with zero attached hydrogens (tertiary/aromatic N) is 3. The van der Waals surface area contributed by atoms with Crippen LogP contribution in [0.4, 0.5) is 27.6 Å². The molecule has 2 N–H and O–H groups in total. The Labute approximate surface area is 222 Å². The van der Waals surface area contributed by atoms with E-state index in [9.17, 15) is 40.6 Å². The summed E-state index contributed by atoms with van der Waals surface area (Å²) in [4.78, 5) is -0.224. The highest BCUT2D eigenvalue weighted by Crippen LogP contribution is 2.43. The van der Waals surface area contributed by atoms with Crippen LogP contribution in [0.1, 0.15) is 36.6 Å². The predicted octanol–water partition coefficient (Wildman–Crippen LogP) is 4.27. The fraction of sp³-hybridized carbons (Fsp3) is 0.423. The molecule has 2 unspecified atom stereocenters. The Hall–Kier alpha value is -3.03. The summed E-state index contributed by atoms with van der Waals surface area (Å²) in [5.41, 5.74) is -3.69. The average molecular weight is 574 g/mol. The van der Waals surface area contributed by atoms with Gasteiger partial charge in [-0.1, -0.05) is 19.1 Å². The molecular formula is C26H28F5N3O4S. The molecule has 1 aliphatic rings. The second-order valence-corrected chi connectivity index (χ2v) is 11.4. The molecule has 0 saturated heterocycles. The molecule has 4 rings (SSSR count). The molecule has 0 fully saturated rings. The lowest BCUT2D eigenvalue weighted by molar-refractivity contribution is -0.271. The summed E-state index contributed by atoms with van der Waals surface area (Å²) in [6.45, 7) is -0.0345. The Morgan fingerprint density at radius 2 is 1.82 bits per heavy atom. The normalized spacial score (nSPS) is 18.5. The highest BCUT2D eigenvalue weighted by atomic mass is 32.2. The van der Waals surface area contributed by atoms with E-state index in [0.717, 1.165) is 46.8 Å². The van der Waals surface area contributed by atoms with Crippen LogP contribution in [0.15, 0.2) is 59.6 Å². The number of rotatable bonds is 9. The number of aliphatic hydroxyl groups is 2. The fourth-order valence-corrected chi connectivity index (χ4v) is 6.36. The van der Waals surface area contributed by atoms with Crippen LogP contribution in [-0.4, -0.2) is 53.4 Å². The molecule has 0 saturated carbocycles. The zero-order chi connectivity index (χ0) is 28.6. The first-order valence-electron chi connectivity index (χ1n) is 12.3. The number of alkyl halides is 4. The van der Waals surface area contributed by atoms with Gasteiger partial charge in [-0.05, 0) is 66.8 Å². The van der Waals surface area contributed by atoms with Crippen LogP contribution in [0.3, 0.4) is 0 Å². The highest BCUT2D eigenvalue weighted by molar-refractivity contribution is 7.92. The molecular weight excluding hydrogens is 545 g/mol. The molecule has 0 aliphatic carbocycles. The van der Waals surface area contributed by atoms with Crippen LogP contribution in [0, 0.1) is 5.82 Å². The van der Waals surface area contributed by atoms with Crippen LogP contribution in [0.5, 0.6) is 0 Å².